The van der Waals surface area contributed by atoms with Gasteiger partial charge in [-0.3, -0.25) is 9.67 Å². The van der Waals surface area contributed by atoms with E-state index in [1.165, 1.54) is 6.42 Å². The van der Waals surface area contributed by atoms with Crippen molar-refractivity contribution in [2.75, 3.05) is 6.61 Å². The fraction of sp³-hybridized carbons (Fsp3) is 0.778. The molecule has 0 amide bonds. The first-order chi connectivity index (χ1) is 7.31. The zero-order valence-electron chi connectivity index (χ0n) is 8.48. The van der Waals surface area contributed by atoms with Crippen LogP contribution in [0.5, 0.6) is 0 Å². The fourth-order valence-corrected chi connectivity index (χ4v) is 2.04. The van der Waals surface area contributed by atoms with Gasteiger partial charge in [0, 0.05) is 6.61 Å². The Labute approximate surface area is 93.1 Å². The third-order valence-corrected chi connectivity index (χ3v) is 2.95. The minimum absolute atomic E-state index is 0.0974. The molecule has 1 atom stereocenters. The molecule has 2 N–H and O–H groups in total. The third kappa shape index (κ3) is 2.45. The summed E-state index contributed by atoms with van der Waals surface area (Å²) in [7, 11) is 0. The average molecular weight is 229 g/mol. The van der Waals surface area contributed by atoms with E-state index in [9.17, 15) is 0 Å². The number of aliphatic hydroxyl groups is 1. The van der Waals surface area contributed by atoms with Gasteiger partial charge in [0.2, 0.25) is 0 Å². The molecule has 1 aromatic rings. The number of ether oxygens (including phenoxy) is 1. The standard InChI is InChI=1S/C9H15N3O2S/c13-6-8-10-11-9(15)12(8)5-7-3-1-2-4-14-7/h7,13H,1-6H2,(H,11,15). The number of aliphatic hydroxyl groups excluding tert-OH is 1. The Bertz CT molecular complexity index is 368. The Balaban J connectivity index is 2.08. The van der Waals surface area contributed by atoms with Gasteiger partial charge in [-0.2, -0.15) is 5.10 Å². The fourth-order valence-electron chi connectivity index (χ4n) is 1.81. The van der Waals surface area contributed by atoms with Crippen molar-refractivity contribution < 1.29 is 9.84 Å². The van der Waals surface area contributed by atoms with Crippen LogP contribution in [0.3, 0.4) is 0 Å². The lowest BCUT2D eigenvalue weighted by Gasteiger charge is -2.23. The van der Waals surface area contributed by atoms with Crippen LogP contribution in [0.4, 0.5) is 0 Å². The maximum Gasteiger partial charge on any atom is 0.195 e. The molecule has 1 aliphatic heterocycles. The van der Waals surface area contributed by atoms with Gasteiger partial charge < -0.3 is 9.84 Å². The monoisotopic (exact) mass is 229 g/mol. The summed E-state index contributed by atoms with van der Waals surface area (Å²) in [6.07, 6.45) is 3.59. The second-order valence-electron chi connectivity index (χ2n) is 3.70. The summed E-state index contributed by atoms with van der Waals surface area (Å²) in [5.74, 6) is 0.578. The summed E-state index contributed by atoms with van der Waals surface area (Å²) >= 11 is 5.09. The van der Waals surface area contributed by atoms with E-state index < -0.39 is 0 Å². The molecule has 1 unspecified atom stereocenters. The van der Waals surface area contributed by atoms with Crippen LogP contribution < -0.4 is 0 Å². The Morgan fingerprint density at radius 2 is 2.47 bits per heavy atom. The van der Waals surface area contributed by atoms with Crippen LogP contribution in [0.25, 0.3) is 0 Å². The highest BCUT2D eigenvalue weighted by atomic mass is 32.1. The van der Waals surface area contributed by atoms with E-state index >= 15 is 0 Å². The Morgan fingerprint density at radius 1 is 1.60 bits per heavy atom. The molecule has 0 aromatic carbocycles. The minimum Gasteiger partial charge on any atom is -0.388 e. The number of aromatic nitrogens is 3. The lowest BCUT2D eigenvalue weighted by Crippen LogP contribution is -2.25. The molecule has 0 radical (unpaired) electrons. The smallest absolute Gasteiger partial charge is 0.195 e. The number of aromatic amines is 1. The molecule has 1 fully saturated rings. The van der Waals surface area contributed by atoms with Crippen LogP contribution in [-0.4, -0.2) is 32.6 Å². The molecule has 6 heteroatoms. The lowest BCUT2D eigenvalue weighted by atomic mass is 10.1. The minimum atomic E-state index is -0.0974. The molecule has 0 aliphatic carbocycles. The van der Waals surface area contributed by atoms with Crippen molar-refractivity contribution in [1.82, 2.24) is 14.8 Å². The quantitative estimate of drug-likeness (QED) is 0.759. The zero-order valence-corrected chi connectivity index (χ0v) is 9.29. The topological polar surface area (TPSA) is 63.1 Å². The average Bonchev–Trinajstić information content (AvgIpc) is 2.62. The van der Waals surface area contributed by atoms with Gasteiger partial charge in [0.15, 0.2) is 10.6 Å². The predicted octanol–water partition coefficient (Wildman–Crippen LogP) is 1.00. The molecule has 0 spiro atoms. The Kier molecular flexibility index (Phi) is 3.50. The van der Waals surface area contributed by atoms with Crippen molar-refractivity contribution in [2.45, 2.75) is 38.5 Å². The molecule has 15 heavy (non-hydrogen) atoms. The number of H-pyrrole nitrogens is 1. The Hall–Kier alpha value is -0.720. The molecule has 1 aliphatic rings. The van der Waals surface area contributed by atoms with Crippen molar-refractivity contribution in [2.24, 2.45) is 0 Å². The summed E-state index contributed by atoms with van der Waals surface area (Å²) in [6.45, 7) is 1.41. The second kappa shape index (κ2) is 4.87. The molecular weight excluding hydrogens is 214 g/mol. The predicted molar refractivity (Wildman–Crippen MR) is 56.9 cm³/mol. The van der Waals surface area contributed by atoms with E-state index in [2.05, 4.69) is 10.2 Å². The lowest BCUT2D eigenvalue weighted by molar-refractivity contribution is 0.00479. The van der Waals surface area contributed by atoms with Crippen LogP contribution in [-0.2, 0) is 17.9 Å². The molecule has 2 rings (SSSR count). The number of hydrogen-bond donors (Lipinski definition) is 2. The van der Waals surface area contributed by atoms with Crippen molar-refractivity contribution in [3.63, 3.8) is 0 Å². The number of nitrogens with one attached hydrogen (secondary N) is 1. The van der Waals surface area contributed by atoms with E-state index in [4.69, 9.17) is 22.1 Å². The van der Waals surface area contributed by atoms with Crippen molar-refractivity contribution in [3.8, 4) is 0 Å². The highest BCUT2D eigenvalue weighted by molar-refractivity contribution is 7.71. The summed E-state index contributed by atoms with van der Waals surface area (Å²) in [5.41, 5.74) is 0. The van der Waals surface area contributed by atoms with Gasteiger partial charge in [-0.15, -0.1) is 0 Å². The van der Waals surface area contributed by atoms with Crippen molar-refractivity contribution >= 4 is 12.2 Å². The van der Waals surface area contributed by atoms with Gasteiger partial charge in [0.1, 0.15) is 6.61 Å². The molecule has 5 nitrogen and oxygen atoms in total. The van der Waals surface area contributed by atoms with Crippen LogP contribution in [0.2, 0.25) is 0 Å². The van der Waals surface area contributed by atoms with Gasteiger partial charge >= 0.3 is 0 Å². The first kappa shape index (κ1) is 10.8. The number of hydrogen-bond acceptors (Lipinski definition) is 4. The summed E-state index contributed by atoms with van der Waals surface area (Å²) < 4.78 is 7.98. The van der Waals surface area contributed by atoms with Gasteiger partial charge in [-0.05, 0) is 31.5 Å². The maximum atomic E-state index is 9.07. The van der Waals surface area contributed by atoms with E-state index in [1.807, 2.05) is 4.57 Å². The molecule has 1 aromatic heterocycles. The molecule has 0 saturated carbocycles. The van der Waals surface area contributed by atoms with Crippen LogP contribution in [0, 0.1) is 4.77 Å². The second-order valence-corrected chi connectivity index (χ2v) is 4.09. The number of nitrogens with zero attached hydrogens (tertiary/aromatic N) is 2. The molecular formula is C9H15N3O2S. The first-order valence-corrected chi connectivity index (χ1v) is 5.58. The van der Waals surface area contributed by atoms with Gasteiger partial charge in [0.05, 0.1) is 12.6 Å². The van der Waals surface area contributed by atoms with Crippen LogP contribution >= 0.6 is 12.2 Å². The molecule has 1 saturated heterocycles. The summed E-state index contributed by atoms with van der Waals surface area (Å²) in [4.78, 5) is 0. The normalized spacial score (nSPS) is 21.8. The van der Waals surface area contributed by atoms with Crippen LogP contribution in [0.1, 0.15) is 25.1 Å². The largest absolute Gasteiger partial charge is 0.388 e. The van der Waals surface area contributed by atoms with Gasteiger partial charge in [-0.1, -0.05) is 0 Å². The molecule has 84 valence electrons. The first-order valence-electron chi connectivity index (χ1n) is 5.18. The van der Waals surface area contributed by atoms with E-state index in [-0.39, 0.29) is 12.7 Å². The summed E-state index contributed by atoms with van der Waals surface area (Å²) in [6, 6.07) is 0. The maximum absolute atomic E-state index is 9.07. The Morgan fingerprint density at radius 3 is 3.13 bits per heavy atom. The van der Waals surface area contributed by atoms with Crippen molar-refractivity contribution in [3.05, 3.63) is 10.6 Å². The highest BCUT2D eigenvalue weighted by Gasteiger charge is 2.16. The third-order valence-electron chi connectivity index (χ3n) is 2.64. The highest BCUT2D eigenvalue weighted by Crippen LogP contribution is 2.15. The van der Waals surface area contributed by atoms with Crippen molar-refractivity contribution in [1.29, 1.82) is 0 Å². The van der Waals surface area contributed by atoms with Gasteiger partial charge in [0.25, 0.3) is 0 Å². The molecule has 2 heterocycles. The number of rotatable bonds is 3. The van der Waals surface area contributed by atoms with Crippen LogP contribution in [0.15, 0.2) is 0 Å². The van der Waals surface area contributed by atoms with Gasteiger partial charge in [-0.25, -0.2) is 0 Å². The molecule has 0 bridgehead atoms. The zero-order chi connectivity index (χ0) is 10.7. The van der Waals surface area contributed by atoms with E-state index in [0.29, 0.717) is 17.1 Å². The van der Waals surface area contributed by atoms with E-state index in [0.717, 1.165) is 19.4 Å². The summed E-state index contributed by atoms with van der Waals surface area (Å²) in [5, 5.41) is 15.7. The van der Waals surface area contributed by atoms with E-state index in [1.54, 1.807) is 0 Å². The SMILES string of the molecule is OCc1n[nH]c(=S)n1CC1CCCCO1.